The number of pyridine rings is 1. The molecule has 0 radical (unpaired) electrons. The first kappa shape index (κ1) is 29.3. The standard InChI is InChI=1S/C36H33N3O4S/c1-26-24-37-23-22-28(26)25-38-27(2)34(44(41,42)43)39(35(38)40)33-20-18-32(19-21-33)36(29-12-6-3-7-13-29,30-14-8-4-9-15-30)31-16-10-5-11-17-31/h3-24,27,34H,25H2,1-2H3,(H,41,42,43). The highest BCUT2D eigenvalue weighted by Crippen LogP contribution is 2.45. The summed E-state index contributed by atoms with van der Waals surface area (Å²) in [4.78, 5) is 20.7. The van der Waals surface area contributed by atoms with Crippen molar-refractivity contribution < 1.29 is 17.8 Å². The van der Waals surface area contributed by atoms with Crippen molar-refractivity contribution in [2.45, 2.75) is 37.2 Å². The second-order valence-electron chi connectivity index (χ2n) is 11.1. The predicted molar refractivity (Wildman–Crippen MR) is 172 cm³/mol. The molecule has 2 heterocycles. The molecule has 4 aromatic carbocycles. The Bertz CT molecular complexity index is 1770. The number of aromatic nitrogens is 1. The minimum atomic E-state index is -4.63. The number of amides is 2. The van der Waals surface area contributed by atoms with Crippen molar-refractivity contribution in [3.8, 4) is 0 Å². The van der Waals surface area contributed by atoms with E-state index in [1.165, 1.54) is 9.80 Å². The normalized spacial score (nSPS) is 17.2. The van der Waals surface area contributed by atoms with E-state index in [0.29, 0.717) is 5.69 Å². The van der Waals surface area contributed by atoms with E-state index >= 15 is 0 Å². The topological polar surface area (TPSA) is 90.8 Å². The first-order valence-electron chi connectivity index (χ1n) is 14.5. The second-order valence-corrected chi connectivity index (χ2v) is 12.6. The maximum Gasteiger partial charge on any atom is 0.326 e. The van der Waals surface area contributed by atoms with Crippen LogP contribution in [0.4, 0.5) is 10.5 Å². The molecule has 1 N–H and O–H groups in total. The first-order chi connectivity index (χ1) is 21.2. The monoisotopic (exact) mass is 603 g/mol. The van der Waals surface area contributed by atoms with Gasteiger partial charge in [-0.3, -0.25) is 14.4 Å². The van der Waals surface area contributed by atoms with Gasteiger partial charge in [-0.1, -0.05) is 103 Å². The second kappa shape index (κ2) is 11.7. The zero-order valence-corrected chi connectivity index (χ0v) is 25.3. The Hall–Kier alpha value is -4.79. The Morgan fingerprint density at radius 2 is 1.23 bits per heavy atom. The number of nitrogens with zero attached hydrogens (tertiary/aromatic N) is 3. The molecule has 1 aliphatic heterocycles. The maximum atomic E-state index is 13.9. The molecule has 2 amide bonds. The SMILES string of the molecule is Cc1cnccc1CN1C(=O)N(c2ccc(C(c3ccccc3)(c3ccccc3)c3ccccc3)cc2)C(S(=O)(=O)O)C1C. The number of anilines is 1. The predicted octanol–water partition coefficient (Wildman–Crippen LogP) is 6.82. The molecule has 5 aromatic rings. The van der Waals surface area contributed by atoms with Crippen LogP contribution in [-0.4, -0.2) is 40.3 Å². The van der Waals surface area contributed by atoms with Crippen molar-refractivity contribution in [2.75, 3.05) is 4.90 Å². The number of carbonyl (C=O) groups excluding carboxylic acids is 1. The van der Waals surface area contributed by atoms with E-state index in [1.54, 1.807) is 31.5 Å². The van der Waals surface area contributed by atoms with Gasteiger partial charge in [0, 0.05) is 24.6 Å². The summed E-state index contributed by atoms with van der Waals surface area (Å²) >= 11 is 0. The number of carbonyl (C=O) groups is 1. The molecule has 1 aliphatic rings. The van der Waals surface area contributed by atoms with Gasteiger partial charge in [-0.25, -0.2) is 4.79 Å². The Labute approximate surface area is 258 Å². The van der Waals surface area contributed by atoms with Gasteiger partial charge in [0.1, 0.15) is 0 Å². The summed E-state index contributed by atoms with van der Waals surface area (Å²) in [7, 11) is -4.63. The van der Waals surface area contributed by atoms with Gasteiger partial charge in [-0.2, -0.15) is 8.42 Å². The molecule has 0 bridgehead atoms. The van der Waals surface area contributed by atoms with Crippen LogP contribution in [0.1, 0.15) is 40.3 Å². The fourth-order valence-corrected chi connectivity index (χ4v) is 7.56. The molecule has 2 atom stereocenters. The van der Waals surface area contributed by atoms with Crippen LogP contribution in [0.5, 0.6) is 0 Å². The van der Waals surface area contributed by atoms with Gasteiger partial charge in [-0.05, 0) is 65.4 Å². The van der Waals surface area contributed by atoms with E-state index in [4.69, 9.17) is 0 Å². The van der Waals surface area contributed by atoms with Gasteiger partial charge in [0.15, 0.2) is 5.37 Å². The molecule has 0 saturated carbocycles. The molecule has 1 saturated heterocycles. The molecule has 7 nitrogen and oxygen atoms in total. The van der Waals surface area contributed by atoms with Gasteiger partial charge in [-0.15, -0.1) is 0 Å². The zero-order valence-electron chi connectivity index (χ0n) is 24.5. The van der Waals surface area contributed by atoms with E-state index in [9.17, 15) is 17.8 Å². The Morgan fingerprint density at radius 1 is 0.750 bits per heavy atom. The number of urea groups is 1. The Morgan fingerprint density at radius 3 is 1.68 bits per heavy atom. The van der Waals surface area contributed by atoms with Crippen molar-refractivity contribution in [3.05, 3.63) is 167 Å². The number of rotatable bonds is 8. The molecular formula is C36H33N3O4S. The Kier molecular flexibility index (Phi) is 7.80. The maximum absolute atomic E-state index is 13.9. The van der Waals surface area contributed by atoms with Crippen LogP contribution < -0.4 is 4.90 Å². The van der Waals surface area contributed by atoms with Crippen LogP contribution in [0.15, 0.2) is 134 Å². The van der Waals surface area contributed by atoms with Gasteiger partial charge in [0.05, 0.1) is 11.5 Å². The summed E-state index contributed by atoms with van der Waals surface area (Å²) in [5.41, 5.74) is 5.55. The summed E-state index contributed by atoms with van der Waals surface area (Å²) < 4.78 is 35.8. The van der Waals surface area contributed by atoms with Crippen LogP contribution in [0.25, 0.3) is 0 Å². The quantitative estimate of drug-likeness (QED) is 0.155. The molecule has 1 aromatic heterocycles. The van der Waals surface area contributed by atoms with Crippen molar-refractivity contribution in [2.24, 2.45) is 0 Å². The highest BCUT2D eigenvalue weighted by molar-refractivity contribution is 7.86. The van der Waals surface area contributed by atoms with E-state index in [-0.39, 0.29) is 6.54 Å². The molecular weight excluding hydrogens is 570 g/mol. The van der Waals surface area contributed by atoms with E-state index in [1.807, 2.05) is 79.7 Å². The highest BCUT2D eigenvalue weighted by atomic mass is 32.2. The molecule has 2 unspecified atom stereocenters. The zero-order chi connectivity index (χ0) is 30.9. The van der Waals surface area contributed by atoms with Gasteiger partial charge in [0.2, 0.25) is 0 Å². The average molecular weight is 604 g/mol. The summed E-state index contributed by atoms with van der Waals surface area (Å²) in [5.74, 6) is 0. The fourth-order valence-electron chi connectivity index (χ4n) is 6.44. The summed E-state index contributed by atoms with van der Waals surface area (Å²) in [5, 5.41) is -1.47. The molecule has 0 spiro atoms. The van der Waals surface area contributed by atoms with Crippen LogP contribution in [-0.2, 0) is 22.1 Å². The summed E-state index contributed by atoms with van der Waals surface area (Å²) in [6.07, 6.45) is 3.35. The molecule has 6 rings (SSSR count). The number of aryl methyl sites for hydroxylation is 1. The molecule has 0 aliphatic carbocycles. The Balaban J connectivity index is 1.48. The van der Waals surface area contributed by atoms with Crippen molar-refractivity contribution in [1.82, 2.24) is 9.88 Å². The molecule has 8 heteroatoms. The van der Waals surface area contributed by atoms with E-state index in [2.05, 4.69) is 41.4 Å². The molecule has 1 fully saturated rings. The van der Waals surface area contributed by atoms with Crippen LogP contribution in [0.2, 0.25) is 0 Å². The number of benzene rings is 4. The van der Waals surface area contributed by atoms with E-state index in [0.717, 1.165) is 33.4 Å². The van der Waals surface area contributed by atoms with Crippen molar-refractivity contribution in [1.29, 1.82) is 0 Å². The van der Waals surface area contributed by atoms with Crippen molar-refractivity contribution in [3.63, 3.8) is 0 Å². The van der Waals surface area contributed by atoms with E-state index < -0.39 is 33.0 Å². The summed E-state index contributed by atoms with van der Waals surface area (Å²) in [6, 6.07) is 38.6. The van der Waals surface area contributed by atoms with Gasteiger partial charge < -0.3 is 4.90 Å². The lowest BCUT2D eigenvalue weighted by Gasteiger charge is -2.37. The smallest absolute Gasteiger partial charge is 0.314 e. The molecule has 44 heavy (non-hydrogen) atoms. The summed E-state index contributed by atoms with van der Waals surface area (Å²) in [6.45, 7) is 3.73. The third kappa shape index (κ3) is 5.06. The highest BCUT2D eigenvalue weighted by Gasteiger charge is 2.50. The van der Waals surface area contributed by atoms with Crippen LogP contribution in [0.3, 0.4) is 0 Å². The van der Waals surface area contributed by atoms with Crippen molar-refractivity contribution >= 4 is 21.8 Å². The lowest BCUT2D eigenvalue weighted by Crippen LogP contribution is -2.42. The third-order valence-corrected chi connectivity index (χ3v) is 9.81. The average Bonchev–Trinajstić information content (AvgIpc) is 3.30. The largest absolute Gasteiger partial charge is 0.326 e. The van der Waals surface area contributed by atoms with Crippen LogP contribution >= 0.6 is 0 Å². The minimum absolute atomic E-state index is 0.189. The number of hydrogen-bond donors (Lipinski definition) is 1. The van der Waals surface area contributed by atoms with Gasteiger partial charge >= 0.3 is 6.03 Å². The minimum Gasteiger partial charge on any atom is -0.314 e. The lowest BCUT2D eigenvalue weighted by atomic mass is 9.65. The molecule has 222 valence electrons. The van der Waals surface area contributed by atoms with Gasteiger partial charge in [0.25, 0.3) is 10.1 Å². The fraction of sp³-hybridized carbons (Fsp3) is 0.167. The number of hydrogen-bond acceptors (Lipinski definition) is 4. The van der Waals surface area contributed by atoms with Crippen LogP contribution in [0, 0.1) is 6.92 Å². The first-order valence-corrected chi connectivity index (χ1v) is 16.0. The third-order valence-electron chi connectivity index (χ3n) is 8.59. The lowest BCUT2D eigenvalue weighted by molar-refractivity contribution is 0.205.